The Bertz CT molecular complexity index is 647. The van der Waals surface area contributed by atoms with Gasteiger partial charge in [0.25, 0.3) is 0 Å². The zero-order valence-electron chi connectivity index (χ0n) is 10.7. The van der Waals surface area contributed by atoms with Gasteiger partial charge in [0.2, 0.25) is 0 Å². The molecule has 0 saturated carbocycles. The molecule has 0 aromatic carbocycles. The van der Waals surface area contributed by atoms with Gasteiger partial charge in [-0.1, -0.05) is 0 Å². The Morgan fingerprint density at radius 1 is 1.37 bits per heavy atom. The summed E-state index contributed by atoms with van der Waals surface area (Å²) < 4.78 is 2.03. The Labute approximate surface area is 114 Å². The molecule has 5 nitrogen and oxygen atoms in total. The first-order chi connectivity index (χ1) is 8.97. The van der Waals surface area contributed by atoms with E-state index in [1.165, 1.54) is 11.3 Å². The van der Waals surface area contributed by atoms with Gasteiger partial charge in [-0.15, -0.1) is 11.3 Å². The molecule has 2 heterocycles. The highest BCUT2D eigenvalue weighted by Crippen LogP contribution is 2.12. The van der Waals surface area contributed by atoms with E-state index in [1.807, 2.05) is 18.4 Å². The summed E-state index contributed by atoms with van der Waals surface area (Å²) in [6.07, 6.45) is 0.655. The van der Waals surface area contributed by atoms with E-state index in [-0.39, 0.29) is 11.1 Å². The molecular formula is C13H14N2O3S. The lowest BCUT2D eigenvalue weighted by Crippen LogP contribution is -2.14. The van der Waals surface area contributed by atoms with Crippen LogP contribution < -0.4 is 5.43 Å². The summed E-state index contributed by atoms with van der Waals surface area (Å²) in [5, 5.41) is 11.1. The lowest BCUT2D eigenvalue weighted by atomic mass is 10.2. The molecule has 0 aliphatic heterocycles. The molecule has 0 bridgehead atoms. The van der Waals surface area contributed by atoms with Crippen molar-refractivity contribution in [2.24, 2.45) is 0 Å². The van der Waals surface area contributed by atoms with Crippen molar-refractivity contribution in [1.29, 1.82) is 0 Å². The van der Waals surface area contributed by atoms with Crippen LogP contribution in [0.1, 0.15) is 26.9 Å². The normalized spacial score (nSPS) is 10.6. The number of carbonyl (C=O) groups is 1. The Kier molecular flexibility index (Phi) is 3.80. The van der Waals surface area contributed by atoms with E-state index in [4.69, 9.17) is 5.11 Å². The SMILES string of the molecule is Cc1cc(=O)cc(C)n1CCc1nc(C(=O)O)cs1. The number of thiazole rings is 1. The number of pyridine rings is 1. The average Bonchev–Trinajstić information content (AvgIpc) is 2.76. The van der Waals surface area contributed by atoms with Crippen molar-refractivity contribution in [1.82, 2.24) is 9.55 Å². The second kappa shape index (κ2) is 5.36. The van der Waals surface area contributed by atoms with Gasteiger partial charge in [-0.2, -0.15) is 0 Å². The van der Waals surface area contributed by atoms with Gasteiger partial charge in [0.05, 0.1) is 5.01 Å². The molecule has 2 aromatic heterocycles. The number of carboxylic acid groups (broad SMARTS) is 1. The number of rotatable bonds is 4. The Hall–Kier alpha value is -1.95. The molecule has 0 radical (unpaired) electrons. The van der Waals surface area contributed by atoms with Crippen LogP contribution in [0, 0.1) is 13.8 Å². The largest absolute Gasteiger partial charge is 0.476 e. The summed E-state index contributed by atoms with van der Waals surface area (Å²) in [6, 6.07) is 3.19. The fraction of sp³-hybridized carbons (Fsp3) is 0.308. The smallest absolute Gasteiger partial charge is 0.355 e. The lowest BCUT2D eigenvalue weighted by molar-refractivity contribution is 0.0691. The highest BCUT2D eigenvalue weighted by molar-refractivity contribution is 7.09. The maximum Gasteiger partial charge on any atom is 0.355 e. The molecule has 0 atom stereocenters. The predicted octanol–water partition coefficient (Wildman–Crippen LogP) is 1.86. The maximum atomic E-state index is 11.3. The summed E-state index contributed by atoms with van der Waals surface area (Å²) >= 11 is 1.34. The molecule has 0 saturated heterocycles. The molecule has 0 fully saturated rings. The molecule has 19 heavy (non-hydrogen) atoms. The Morgan fingerprint density at radius 3 is 2.53 bits per heavy atom. The van der Waals surface area contributed by atoms with Gasteiger partial charge < -0.3 is 9.67 Å². The van der Waals surface area contributed by atoms with Crippen LogP contribution in [0.5, 0.6) is 0 Å². The van der Waals surface area contributed by atoms with Crippen LogP contribution in [0.15, 0.2) is 22.3 Å². The van der Waals surface area contributed by atoms with Crippen LogP contribution in [-0.2, 0) is 13.0 Å². The number of aromatic carboxylic acids is 1. The first-order valence-electron chi connectivity index (χ1n) is 5.83. The third-order valence-electron chi connectivity index (χ3n) is 2.87. The third kappa shape index (κ3) is 3.08. The zero-order valence-corrected chi connectivity index (χ0v) is 11.5. The average molecular weight is 278 g/mol. The summed E-state index contributed by atoms with van der Waals surface area (Å²) in [6.45, 7) is 4.46. The van der Waals surface area contributed by atoms with Crippen molar-refractivity contribution < 1.29 is 9.90 Å². The molecule has 0 aliphatic rings. The van der Waals surface area contributed by atoms with Crippen LogP contribution in [0.2, 0.25) is 0 Å². The van der Waals surface area contributed by atoms with E-state index in [2.05, 4.69) is 4.98 Å². The third-order valence-corrected chi connectivity index (χ3v) is 3.78. The van der Waals surface area contributed by atoms with Gasteiger partial charge in [0.15, 0.2) is 11.1 Å². The molecule has 1 N–H and O–H groups in total. The van der Waals surface area contributed by atoms with Gasteiger partial charge in [-0.05, 0) is 13.8 Å². The molecule has 0 amide bonds. The van der Waals surface area contributed by atoms with Crippen molar-refractivity contribution >= 4 is 17.3 Å². The fourth-order valence-electron chi connectivity index (χ4n) is 1.97. The maximum absolute atomic E-state index is 11.3. The highest BCUT2D eigenvalue weighted by atomic mass is 32.1. The van der Waals surface area contributed by atoms with Gasteiger partial charge in [0.1, 0.15) is 0 Å². The van der Waals surface area contributed by atoms with E-state index >= 15 is 0 Å². The topological polar surface area (TPSA) is 72.2 Å². The zero-order chi connectivity index (χ0) is 14.0. The number of carboxylic acids is 1. The van der Waals surface area contributed by atoms with E-state index in [9.17, 15) is 9.59 Å². The highest BCUT2D eigenvalue weighted by Gasteiger charge is 2.09. The second-order valence-electron chi connectivity index (χ2n) is 4.31. The van der Waals surface area contributed by atoms with Crippen LogP contribution in [-0.4, -0.2) is 20.6 Å². The molecule has 0 aliphatic carbocycles. The second-order valence-corrected chi connectivity index (χ2v) is 5.25. The first-order valence-corrected chi connectivity index (χ1v) is 6.71. The molecule has 100 valence electrons. The number of nitrogens with zero attached hydrogens (tertiary/aromatic N) is 2. The molecule has 0 spiro atoms. The van der Waals surface area contributed by atoms with Gasteiger partial charge in [0, 0.05) is 41.9 Å². The Morgan fingerprint density at radius 2 is 2.00 bits per heavy atom. The van der Waals surface area contributed by atoms with Crippen LogP contribution in [0.4, 0.5) is 0 Å². The summed E-state index contributed by atoms with van der Waals surface area (Å²) in [4.78, 5) is 26.1. The summed E-state index contributed by atoms with van der Waals surface area (Å²) in [7, 11) is 0. The quantitative estimate of drug-likeness (QED) is 0.926. The van der Waals surface area contributed by atoms with E-state index in [1.54, 1.807) is 17.5 Å². The number of hydrogen-bond donors (Lipinski definition) is 1. The van der Waals surface area contributed by atoms with Gasteiger partial charge >= 0.3 is 5.97 Å². The van der Waals surface area contributed by atoms with Crippen LogP contribution in [0.3, 0.4) is 0 Å². The minimum Gasteiger partial charge on any atom is -0.476 e. The van der Waals surface area contributed by atoms with Crippen molar-refractivity contribution in [3.8, 4) is 0 Å². The monoisotopic (exact) mass is 278 g/mol. The van der Waals surface area contributed by atoms with Gasteiger partial charge in [-0.3, -0.25) is 4.79 Å². The van der Waals surface area contributed by atoms with E-state index in [0.29, 0.717) is 13.0 Å². The predicted molar refractivity (Wildman–Crippen MR) is 73.0 cm³/mol. The molecule has 0 unspecified atom stereocenters. The number of aromatic nitrogens is 2. The Balaban J connectivity index is 2.14. The minimum absolute atomic E-state index is 0.00802. The van der Waals surface area contributed by atoms with Crippen LogP contribution in [0.25, 0.3) is 0 Å². The fourth-order valence-corrected chi connectivity index (χ4v) is 2.73. The van der Waals surface area contributed by atoms with E-state index in [0.717, 1.165) is 16.4 Å². The first kappa shape index (κ1) is 13.5. The standard InChI is InChI=1S/C13H14N2O3S/c1-8-5-10(16)6-9(2)15(8)4-3-12-14-11(7-19-12)13(17)18/h5-7H,3-4H2,1-2H3,(H,17,18). The van der Waals surface area contributed by atoms with E-state index < -0.39 is 5.97 Å². The summed E-state index contributed by atoms with van der Waals surface area (Å²) in [5.41, 5.74) is 1.90. The summed E-state index contributed by atoms with van der Waals surface area (Å²) in [5.74, 6) is -1.00. The van der Waals surface area contributed by atoms with Crippen LogP contribution >= 0.6 is 11.3 Å². The minimum atomic E-state index is -1.00. The van der Waals surface area contributed by atoms with Crippen molar-refractivity contribution in [2.45, 2.75) is 26.8 Å². The van der Waals surface area contributed by atoms with Gasteiger partial charge in [-0.25, -0.2) is 9.78 Å². The number of aryl methyl sites for hydroxylation is 3. The lowest BCUT2D eigenvalue weighted by Gasteiger charge is -2.13. The van der Waals surface area contributed by atoms with Crippen molar-refractivity contribution in [3.05, 3.63) is 49.8 Å². The molecule has 2 rings (SSSR count). The molecule has 2 aromatic rings. The molecule has 6 heteroatoms. The van der Waals surface area contributed by atoms with Crippen molar-refractivity contribution in [3.63, 3.8) is 0 Å². The number of hydrogen-bond acceptors (Lipinski definition) is 4. The molecular weight excluding hydrogens is 264 g/mol. The van der Waals surface area contributed by atoms with Crippen molar-refractivity contribution in [2.75, 3.05) is 0 Å².